The van der Waals surface area contributed by atoms with E-state index in [9.17, 15) is 4.79 Å². The summed E-state index contributed by atoms with van der Waals surface area (Å²) in [6, 6.07) is 0. The number of carbonyl (C=O) groups is 1. The number of hydrogen-bond acceptors (Lipinski definition) is 1. The Morgan fingerprint density at radius 3 is 2.62 bits per heavy atom. The van der Waals surface area contributed by atoms with Crippen LogP contribution >= 0.6 is 0 Å². The predicted molar refractivity (Wildman–Crippen MR) is 55.4 cm³/mol. The molecule has 0 amide bonds. The van der Waals surface area contributed by atoms with Gasteiger partial charge in [-0.2, -0.15) is 0 Å². The van der Waals surface area contributed by atoms with Gasteiger partial charge in [0, 0.05) is 6.42 Å². The molecular weight excluding hydrogens is 160 g/mol. The van der Waals surface area contributed by atoms with E-state index < -0.39 is 0 Å². The summed E-state index contributed by atoms with van der Waals surface area (Å²) in [7, 11) is 0. The Kier molecular flexibility index (Phi) is 2.74. The number of allylic oxidation sites excluding steroid dienone is 2. The van der Waals surface area contributed by atoms with Gasteiger partial charge in [0.05, 0.1) is 0 Å². The molecule has 1 saturated carbocycles. The Morgan fingerprint density at radius 2 is 2.23 bits per heavy atom. The third kappa shape index (κ3) is 1.60. The van der Waals surface area contributed by atoms with Crippen LogP contribution in [-0.4, -0.2) is 6.29 Å². The lowest BCUT2D eigenvalue weighted by Crippen LogP contribution is -2.45. The molecule has 1 nitrogen and oxygen atoms in total. The third-order valence-electron chi connectivity index (χ3n) is 3.56. The van der Waals surface area contributed by atoms with Gasteiger partial charge in [0.2, 0.25) is 0 Å². The fraction of sp³-hybridized carbons (Fsp3) is 0.583. The lowest BCUT2D eigenvalue weighted by Gasteiger charge is -2.52. The zero-order valence-corrected chi connectivity index (χ0v) is 8.55. The van der Waals surface area contributed by atoms with E-state index in [1.165, 1.54) is 0 Å². The van der Waals surface area contributed by atoms with Gasteiger partial charge in [-0.1, -0.05) is 38.7 Å². The van der Waals surface area contributed by atoms with Crippen molar-refractivity contribution in [3.8, 4) is 0 Å². The Balaban J connectivity index is 2.63. The van der Waals surface area contributed by atoms with Gasteiger partial charge in [-0.15, -0.1) is 0 Å². The molecule has 2 atom stereocenters. The molecule has 72 valence electrons. The van der Waals surface area contributed by atoms with E-state index in [0.717, 1.165) is 18.3 Å². The summed E-state index contributed by atoms with van der Waals surface area (Å²) in [5.74, 6) is 1.06. The molecule has 13 heavy (non-hydrogen) atoms. The van der Waals surface area contributed by atoms with E-state index >= 15 is 0 Å². The minimum Gasteiger partial charge on any atom is -0.303 e. The summed E-state index contributed by atoms with van der Waals surface area (Å²) in [4.78, 5) is 10.4. The fourth-order valence-electron chi connectivity index (χ4n) is 2.30. The molecule has 0 unspecified atom stereocenters. The maximum atomic E-state index is 10.4. The highest BCUT2D eigenvalue weighted by Gasteiger charge is 2.47. The molecule has 0 spiro atoms. The SMILES string of the molecule is C=CC(=C)[C@@H]1C[C@H](CC=O)C1(C)C. The van der Waals surface area contributed by atoms with Crippen LogP contribution in [0.5, 0.6) is 0 Å². The highest BCUT2D eigenvalue weighted by Crippen LogP contribution is 2.55. The molecule has 0 saturated heterocycles. The first-order chi connectivity index (χ1) is 6.04. The lowest BCUT2D eigenvalue weighted by atomic mass is 9.52. The van der Waals surface area contributed by atoms with Gasteiger partial charge in [0.25, 0.3) is 0 Å². The van der Waals surface area contributed by atoms with E-state index in [2.05, 4.69) is 27.0 Å². The quantitative estimate of drug-likeness (QED) is 0.478. The number of rotatable bonds is 4. The van der Waals surface area contributed by atoms with Gasteiger partial charge in [-0.25, -0.2) is 0 Å². The van der Waals surface area contributed by atoms with Crippen LogP contribution in [0.4, 0.5) is 0 Å². The van der Waals surface area contributed by atoms with Crippen molar-refractivity contribution in [2.24, 2.45) is 17.3 Å². The maximum Gasteiger partial charge on any atom is 0.120 e. The van der Waals surface area contributed by atoms with E-state index in [4.69, 9.17) is 0 Å². The normalized spacial score (nSPS) is 30.3. The van der Waals surface area contributed by atoms with Crippen LogP contribution in [0.1, 0.15) is 26.7 Å². The van der Waals surface area contributed by atoms with E-state index in [-0.39, 0.29) is 5.41 Å². The van der Waals surface area contributed by atoms with E-state index in [1.807, 2.05) is 6.08 Å². The second-order valence-corrected chi connectivity index (χ2v) is 4.49. The maximum absolute atomic E-state index is 10.4. The molecule has 0 aliphatic heterocycles. The summed E-state index contributed by atoms with van der Waals surface area (Å²) in [6.45, 7) is 12.1. The molecule has 1 heteroatoms. The molecule has 0 aromatic rings. The Morgan fingerprint density at radius 1 is 1.62 bits per heavy atom. The highest BCUT2D eigenvalue weighted by molar-refractivity contribution is 5.50. The van der Waals surface area contributed by atoms with Crippen molar-refractivity contribution in [3.63, 3.8) is 0 Å². The monoisotopic (exact) mass is 178 g/mol. The van der Waals surface area contributed by atoms with Crippen LogP contribution < -0.4 is 0 Å². The third-order valence-corrected chi connectivity index (χ3v) is 3.56. The molecule has 0 N–H and O–H groups in total. The smallest absolute Gasteiger partial charge is 0.120 e. The van der Waals surface area contributed by atoms with Crippen LogP contribution in [0.25, 0.3) is 0 Å². The van der Waals surface area contributed by atoms with Crippen LogP contribution in [-0.2, 0) is 4.79 Å². The van der Waals surface area contributed by atoms with Gasteiger partial charge < -0.3 is 4.79 Å². The average Bonchev–Trinajstić information content (AvgIpc) is 2.10. The van der Waals surface area contributed by atoms with Crippen LogP contribution in [0, 0.1) is 17.3 Å². The molecule has 0 heterocycles. The molecule has 0 aromatic carbocycles. The van der Waals surface area contributed by atoms with Crippen molar-refractivity contribution >= 4 is 6.29 Å². The number of carbonyl (C=O) groups excluding carboxylic acids is 1. The van der Waals surface area contributed by atoms with Crippen molar-refractivity contribution in [2.75, 3.05) is 0 Å². The van der Waals surface area contributed by atoms with Crippen molar-refractivity contribution in [3.05, 3.63) is 24.8 Å². The van der Waals surface area contributed by atoms with Gasteiger partial charge in [-0.05, 0) is 23.7 Å². The van der Waals surface area contributed by atoms with Gasteiger partial charge in [-0.3, -0.25) is 0 Å². The molecule has 1 rings (SSSR count). The molecular formula is C12H18O. The number of aldehydes is 1. The molecule has 0 radical (unpaired) electrons. The fourth-order valence-corrected chi connectivity index (χ4v) is 2.30. The van der Waals surface area contributed by atoms with Crippen LogP contribution in [0.15, 0.2) is 24.8 Å². The lowest BCUT2D eigenvalue weighted by molar-refractivity contribution is -0.112. The minimum absolute atomic E-state index is 0.228. The molecule has 1 aliphatic rings. The summed E-state index contributed by atoms with van der Waals surface area (Å²) in [5, 5.41) is 0. The molecule has 0 bridgehead atoms. The highest BCUT2D eigenvalue weighted by atomic mass is 16.1. The van der Waals surface area contributed by atoms with Crippen LogP contribution in [0.3, 0.4) is 0 Å². The van der Waals surface area contributed by atoms with Crippen molar-refractivity contribution < 1.29 is 4.79 Å². The Hall–Kier alpha value is -0.850. The topological polar surface area (TPSA) is 17.1 Å². The minimum atomic E-state index is 0.228. The zero-order chi connectivity index (χ0) is 10.1. The van der Waals surface area contributed by atoms with Gasteiger partial charge in [0.1, 0.15) is 6.29 Å². The second kappa shape index (κ2) is 3.49. The average molecular weight is 178 g/mol. The molecule has 1 fully saturated rings. The van der Waals surface area contributed by atoms with Crippen LogP contribution in [0.2, 0.25) is 0 Å². The van der Waals surface area contributed by atoms with Gasteiger partial charge in [0.15, 0.2) is 0 Å². The van der Waals surface area contributed by atoms with E-state index in [1.54, 1.807) is 0 Å². The summed E-state index contributed by atoms with van der Waals surface area (Å²) in [6.07, 6.45) is 4.65. The molecule has 1 aliphatic carbocycles. The second-order valence-electron chi connectivity index (χ2n) is 4.49. The summed E-state index contributed by atoms with van der Waals surface area (Å²) < 4.78 is 0. The Labute approximate surface area is 80.5 Å². The van der Waals surface area contributed by atoms with E-state index in [0.29, 0.717) is 18.3 Å². The predicted octanol–water partition coefficient (Wildman–Crippen LogP) is 2.98. The zero-order valence-electron chi connectivity index (χ0n) is 8.55. The van der Waals surface area contributed by atoms with Gasteiger partial charge >= 0.3 is 0 Å². The first-order valence-electron chi connectivity index (χ1n) is 4.79. The largest absolute Gasteiger partial charge is 0.303 e. The first kappa shape index (κ1) is 10.2. The number of hydrogen-bond donors (Lipinski definition) is 0. The molecule has 0 aromatic heterocycles. The Bertz CT molecular complexity index is 238. The van der Waals surface area contributed by atoms with Crippen molar-refractivity contribution in [2.45, 2.75) is 26.7 Å². The summed E-state index contributed by atoms with van der Waals surface area (Å²) >= 11 is 0. The first-order valence-corrected chi connectivity index (χ1v) is 4.79. The van der Waals surface area contributed by atoms with Crippen molar-refractivity contribution in [1.29, 1.82) is 0 Å². The summed E-state index contributed by atoms with van der Waals surface area (Å²) in [5.41, 5.74) is 1.35. The standard InChI is InChI=1S/C12H18O/c1-5-9(2)11-8-10(6-7-13)12(11,3)4/h5,7,10-11H,1-2,6,8H2,3-4H3/t10-,11-/m0/s1. The van der Waals surface area contributed by atoms with Crippen molar-refractivity contribution in [1.82, 2.24) is 0 Å².